The zero-order valence-corrected chi connectivity index (χ0v) is 15.6. The first-order chi connectivity index (χ1) is 12.7. The van der Waals surface area contributed by atoms with Crippen LogP contribution in [0.25, 0.3) is 6.08 Å². The summed E-state index contributed by atoms with van der Waals surface area (Å²) in [6, 6.07) is 9.92. The predicted molar refractivity (Wildman–Crippen MR) is 98.2 cm³/mol. The largest absolute Gasteiger partial charge is 0.493 e. The molecule has 0 saturated carbocycles. The molecule has 0 heterocycles. The monoisotopic (exact) mass is 388 g/mol. The molecular weight excluding hydrogens is 372 g/mol. The van der Waals surface area contributed by atoms with Gasteiger partial charge in [-0.05, 0) is 31.2 Å². The molecule has 0 aliphatic rings. The van der Waals surface area contributed by atoms with Crippen LogP contribution in [-0.2, 0) is 9.84 Å². The number of nitro groups is 1. The highest BCUT2D eigenvalue weighted by molar-refractivity contribution is 7.95. The van der Waals surface area contributed by atoms with Crippen molar-refractivity contribution in [2.75, 3.05) is 14.2 Å². The predicted octanol–water partition coefficient (Wildman–Crippen LogP) is 3.26. The molecule has 2 aromatic carbocycles. The van der Waals surface area contributed by atoms with Crippen LogP contribution in [0.2, 0.25) is 0 Å². The average molecular weight is 388 g/mol. The summed E-state index contributed by atoms with van der Waals surface area (Å²) in [5, 5.41) is 20.7. The minimum atomic E-state index is -4.14. The second-order valence-corrected chi connectivity index (χ2v) is 7.38. The van der Waals surface area contributed by atoms with E-state index in [1.165, 1.54) is 32.4 Å². The molecule has 8 nitrogen and oxygen atoms in total. The Bertz CT molecular complexity index is 1050. The molecule has 140 valence electrons. The van der Waals surface area contributed by atoms with Crippen LogP contribution in [0.4, 0.5) is 5.69 Å². The molecule has 2 rings (SSSR count). The van der Waals surface area contributed by atoms with Crippen molar-refractivity contribution >= 4 is 21.6 Å². The Labute approximate surface area is 156 Å². The molecule has 0 aliphatic carbocycles. The van der Waals surface area contributed by atoms with Crippen molar-refractivity contribution in [2.45, 2.75) is 11.8 Å². The van der Waals surface area contributed by atoms with Gasteiger partial charge in [-0.25, -0.2) is 8.42 Å². The summed E-state index contributed by atoms with van der Waals surface area (Å²) in [5.74, 6) is 0.278. The minimum absolute atomic E-state index is 0.0796. The standard InChI is InChI=1S/C18H16N2O6S/c1-12-4-6-14(7-5-12)27(23,24)15(11-19)8-13-9-17(25-2)18(26-3)10-16(13)20(21)22/h4-10H,1-3H3/b15-8+. The van der Waals surface area contributed by atoms with Gasteiger partial charge in [0.05, 0.1) is 35.7 Å². The van der Waals surface area contributed by atoms with E-state index in [0.717, 1.165) is 17.7 Å². The molecule has 9 heteroatoms. The van der Waals surface area contributed by atoms with E-state index in [0.29, 0.717) is 0 Å². The van der Waals surface area contributed by atoms with Crippen molar-refractivity contribution in [1.29, 1.82) is 5.26 Å². The van der Waals surface area contributed by atoms with E-state index in [1.807, 2.05) is 0 Å². The van der Waals surface area contributed by atoms with E-state index >= 15 is 0 Å². The first-order valence-corrected chi connectivity index (χ1v) is 9.07. The maximum absolute atomic E-state index is 12.7. The molecule has 27 heavy (non-hydrogen) atoms. The smallest absolute Gasteiger partial charge is 0.280 e. The maximum atomic E-state index is 12.7. The Morgan fingerprint density at radius 3 is 2.19 bits per heavy atom. The molecule has 0 bridgehead atoms. The molecule has 0 aromatic heterocycles. The second-order valence-electron chi connectivity index (χ2n) is 5.46. The van der Waals surface area contributed by atoms with Gasteiger partial charge in [-0.3, -0.25) is 10.1 Å². The number of nitro benzene ring substituents is 1. The van der Waals surface area contributed by atoms with Crippen LogP contribution in [0.5, 0.6) is 11.5 Å². The zero-order valence-electron chi connectivity index (χ0n) is 14.8. The van der Waals surface area contributed by atoms with Crippen LogP contribution in [0, 0.1) is 28.4 Å². The Morgan fingerprint density at radius 2 is 1.70 bits per heavy atom. The van der Waals surface area contributed by atoms with Gasteiger partial charge in [-0.15, -0.1) is 0 Å². The normalized spacial score (nSPS) is 11.6. The van der Waals surface area contributed by atoms with Gasteiger partial charge in [0.1, 0.15) is 11.0 Å². The Morgan fingerprint density at radius 1 is 1.15 bits per heavy atom. The summed E-state index contributed by atoms with van der Waals surface area (Å²) in [6.07, 6.45) is 0.954. The van der Waals surface area contributed by atoms with Crippen LogP contribution in [-0.4, -0.2) is 27.6 Å². The number of aryl methyl sites for hydroxylation is 1. The minimum Gasteiger partial charge on any atom is -0.493 e. The second kappa shape index (κ2) is 7.88. The molecule has 0 unspecified atom stereocenters. The van der Waals surface area contributed by atoms with Gasteiger partial charge in [0.15, 0.2) is 11.5 Å². The Hall–Kier alpha value is -3.38. The zero-order chi connectivity index (χ0) is 20.2. The van der Waals surface area contributed by atoms with Crippen LogP contribution >= 0.6 is 0 Å². The molecule has 0 amide bonds. The fourth-order valence-electron chi connectivity index (χ4n) is 2.31. The van der Waals surface area contributed by atoms with E-state index in [2.05, 4.69) is 0 Å². The quantitative estimate of drug-likeness (QED) is 0.423. The SMILES string of the molecule is COc1cc(/C=C(\C#N)S(=O)(=O)c2ccc(C)cc2)c([N+](=O)[O-])cc1OC. The fourth-order valence-corrected chi connectivity index (χ4v) is 3.46. The van der Waals surface area contributed by atoms with Crippen molar-refractivity contribution < 1.29 is 22.8 Å². The number of hydrogen-bond donors (Lipinski definition) is 0. The topological polar surface area (TPSA) is 120 Å². The summed E-state index contributed by atoms with van der Waals surface area (Å²) < 4.78 is 35.6. The van der Waals surface area contributed by atoms with E-state index < -0.39 is 25.4 Å². The molecular formula is C18H16N2O6S. The molecule has 0 saturated heterocycles. The van der Waals surface area contributed by atoms with Gasteiger partial charge < -0.3 is 9.47 Å². The van der Waals surface area contributed by atoms with Crippen LogP contribution in [0.3, 0.4) is 0 Å². The number of rotatable bonds is 6. The fraction of sp³-hybridized carbons (Fsp3) is 0.167. The maximum Gasteiger partial charge on any atom is 0.280 e. The van der Waals surface area contributed by atoms with E-state index in [1.54, 1.807) is 25.1 Å². The van der Waals surface area contributed by atoms with Crippen LogP contribution in [0.15, 0.2) is 46.2 Å². The average Bonchev–Trinajstić information content (AvgIpc) is 2.65. The number of allylic oxidation sites excluding steroid dienone is 1. The van der Waals surface area contributed by atoms with Gasteiger partial charge in [-0.2, -0.15) is 5.26 Å². The van der Waals surface area contributed by atoms with Gasteiger partial charge >= 0.3 is 0 Å². The lowest BCUT2D eigenvalue weighted by Crippen LogP contribution is -2.04. The third kappa shape index (κ3) is 4.07. The number of sulfone groups is 1. The van der Waals surface area contributed by atoms with Crippen molar-refractivity contribution in [1.82, 2.24) is 0 Å². The molecule has 0 radical (unpaired) electrons. The van der Waals surface area contributed by atoms with E-state index in [-0.39, 0.29) is 22.0 Å². The summed E-state index contributed by atoms with van der Waals surface area (Å²) in [6.45, 7) is 1.80. The summed E-state index contributed by atoms with van der Waals surface area (Å²) in [5.41, 5.74) is 0.344. The first-order valence-electron chi connectivity index (χ1n) is 7.58. The molecule has 0 atom stereocenters. The lowest BCUT2D eigenvalue weighted by atomic mass is 10.1. The van der Waals surface area contributed by atoms with E-state index in [4.69, 9.17) is 9.47 Å². The molecule has 0 aliphatic heterocycles. The summed E-state index contributed by atoms with van der Waals surface area (Å²) in [4.78, 5) is 9.97. The third-order valence-electron chi connectivity index (χ3n) is 3.75. The lowest BCUT2D eigenvalue weighted by Gasteiger charge is -2.09. The van der Waals surface area contributed by atoms with Gasteiger partial charge in [0.2, 0.25) is 9.84 Å². The lowest BCUT2D eigenvalue weighted by molar-refractivity contribution is -0.385. The first kappa shape index (κ1) is 19.9. The number of benzene rings is 2. The van der Waals surface area contributed by atoms with Gasteiger partial charge in [-0.1, -0.05) is 17.7 Å². The van der Waals surface area contributed by atoms with Crippen molar-refractivity contribution in [3.8, 4) is 17.6 Å². The summed E-state index contributed by atoms with van der Waals surface area (Å²) in [7, 11) is -1.48. The Balaban J connectivity index is 2.69. The van der Waals surface area contributed by atoms with Crippen molar-refractivity contribution in [3.05, 3.63) is 62.5 Å². The molecule has 0 spiro atoms. The number of hydrogen-bond acceptors (Lipinski definition) is 7. The number of nitriles is 1. The Kier molecular flexibility index (Phi) is 5.82. The highest BCUT2D eigenvalue weighted by atomic mass is 32.2. The third-order valence-corrected chi connectivity index (χ3v) is 5.43. The summed E-state index contributed by atoms with van der Waals surface area (Å²) >= 11 is 0. The van der Waals surface area contributed by atoms with Crippen LogP contribution in [0.1, 0.15) is 11.1 Å². The van der Waals surface area contributed by atoms with Crippen molar-refractivity contribution in [3.63, 3.8) is 0 Å². The van der Waals surface area contributed by atoms with Gasteiger partial charge in [0, 0.05) is 0 Å². The van der Waals surface area contributed by atoms with Crippen molar-refractivity contribution in [2.24, 2.45) is 0 Å². The molecule has 0 fully saturated rings. The number of nitrogens with zero attached hydrogens (tertiary/aromatic N) is 2. The highest BCUT2D eigenvalue weighted by Gasteiger charge is 2.24. The van der Waals surface area contributed by atoms with E-state index in [9.17, 15) is 23.8 Å². The highest BCUT2D eigenvalue weighted by Crippen LogP contribution is 2.36. The number of methoxy groups -OCH3 is 2. The molecule has 2 aromatic rings. The van der Waals surface area contributed by atoms with Crippen LogP contribution < -0.4 is 9.47 Å². The van der Waals surface area contributed by atoms with Gasteiger partial charge in [0.25, 0.3) is 5.69 Å². The number of ether oxygens (including phenoxy) is 2. The molecule has 0 N–H and O–H groups in total.